The Kier molecular flexibility index (Phi) is 4.08. The average Bonchev–Trinajstić information content (AvgIpc) is 3.33. The van der Waals surface area contributed by atoms with Crippen LogP contribution in [0.4, 0.5) is 4.79 Å². The summed E-state index contributed by atoms with van der Waals surface area (Å²) < 4.78 is 0. The molecule has 0 aromatic rings. The molecule has 2 heterocycles. The minimum atomic E-state index is -0.826. The zero-order valence-electron chi connectivity index (χ0n) is 13.9. The van der Waals surface area contributed by atoms with E-state index in [1.54, 1.807) is 11.8 Å². The Hall–Kier alpha value is -1.63. The van der Waals surface area contributed by atoms with Gasteiger partial charge in [0.25, 0.3) is 5.91 Å². The van der Waals surface area contributed by atoms with Crippen molar-refractivity contribution in [1.82, 2.24) is 15.1 Å². The number of carbonyl (C=O) groups excluding carboxylic acids is 3. The van der Waals surface area contributed by atoms with Crippen molar-refractivity contribution >= 4 is 17.8 Å². The molecule has 7 heteroatoms. The van der Waals surface area contributed by atoms with Gasteiger partial charge < -0.3 is 16.0 Å². The van der Waals surface area contributed by atoms with Gasteiger partial charge in [-0.05, 0) is 51.4 Å². The summed E-state index contributed by atoms with van der Waals surface area (Å²) >= 11 is 0. The molecule has 4 amide bonds. The highest BCUT2D eigenvalue weighted by atomic mass is 16.2. The van der Waals surface area contributed by atoms with Crippen molar-refractivity contribution in [3.8, 4) is 0 Å². The van der Waals surface area contributed by atoms with E-state index >= 15 is 0 Å². The third-order valence-electron chi connectivity index (χ3n) is 5.54. The summed E-state index contributed by atoms with van der Waals surface area (Å²) in [5, 5.41) is 2.77. The van der Waals surface area contributed by atoms with Gasteiger partial charge >= 0.3 is 6.03 Å². The second-order valence-corrected chi connectivity index (χ2v) is 7.40. The quantitative estimate of drug-likeness (QED) is 0.727. The van der Waals surface area contributed by atoms with E-state index in [4.69, 9.17) is 5.73 Å². The molecule has 3 fully saturated rings. The molecule has 3 rings (SSSR count). The van der Waals surface area contributed by atoms with Gasteiger partial charge in [-0.25, -0.2) is 4.79 Å². The molecule has 0 bridgehead atoms. The van der Waals surface area contributed by atoms with Crippen LogP contribution in [0.15, 0.2) is 0 Å². The van der Waals surface area contributed by atoms with Gasteiger partial charge in [0.15, 0.2) is 0 Å². The third kappa shape index (κ3) is 2.94. The normalized spacial score (nSPS) is 32.9. The van der Waals surface area contributed by atoms with Gasteiger partial charge in [-0.1, -0.05) is 0 Å². The number of nitrogens with one attached hydrogen (secondary N) is 1. The van der Waals surface area contributed by atoms with E-state index in [1.165, 1.54) is 0 Å². The highest BCUT2D eigenvalue weighted by Crippen LogP contribution is 2.42. The summed E-state index contributed by atoms with van der Waals surface area (Å²) in [5.41, 5.74) is 5.12. The van der Waals surface area contributed by atoms with Crippen LogP contribution in [0.2, 0.25) is 0 Å². The molecule has 1 aliphatic carbocycles. The molecule has 3 N–H and O–H groups in total. The van der Waals surface area contributed by atoms with Gasteiger partial charge in [-0.15, -0.1) is 0 Å². The molecule has 0 spiro atoms. The fraction of sp³-hybridized carbons (Fsp3) is 0.812. The van der Waals surface area contributed by atoms with Crippen LogP contribution < -0.4 is 11.1 Å². The van der Waals surface area contributed by atoms with Crippen molar-refractivity contribution in [3.63, 3.8) is 0 Å². The molecule has 1 saturated carbocycles. The van der Waals surface area contributed by atoms with Gasteiger partial charge in [0.2, 0.25) is 5.91 Å². The number of likely N-dealkylation sites (tertiary alicyclic amines) is 1. The Balaban J connectivity index is 1.63. The van der Waals surface area contributed by atoms with Crippen molar-refractivity contribution in [1.29, 1.82) is 0 Å². The van der Waals surface area contributed by atoms with Crippen LogP contribution in [-0.4, -0.2) is 58.9 Å². The lowest BCUT2D eigenvalue weighted by molar-refractivity contribution is -0.140. The summed E-state index contributed by atoms with van der Waals surface area (Å²) in [6.07, 6.45) is 3.83. The predicted molar refractivity (Wildman–Crippen MR) is 84.3 cm³/mol. The van der Waals surface area contributed by atoms with Gasteiger partial charge in [0, 0.05) is 19.1 Å². The molecule has 0 aromatic carbocycles. The fourth-order valence-electron chi connectivity index (χ4n) is 3.70. The summed E-state index contributed by atoms with van der Waals surface area (Å²) in [5.74, 6) is 0.0574. The van der Waals surface area contributed by atoms with Crippen molar-refractivity contribution < 1.29 is 14.4 Å². The van der Waals surface area contributed by atoms with Crippen molar-refractivity contribution in [2.24, 2.45) is 17.6 Å². The summed E-state index contributed by atoms with van der Waals surface area (Å²) in [4.78, 5) is 40.0. The molecular formula is C16H26N4O3. The summed E-state index contributed by atoms with van der Waals surface area (Å²) in [7, 11) is 0. The van der Waals surface area contributed by atoms with E-state index in [0.717, 1.165) is 30.6 Å². The fourth-order valence-corrected chi connectivity index (χ4v) is 3.70. The van der Waals surface area contributed by atoms with Gasteiger partial charge in [0.05, 0.1) is 0 Å². The molecule has 3 aliphatic rings. The van der Waals surface area contributed by atoms with Crippen LogP contribution in [0, 0.1) is 11.8 Å². The van der Waals surface area contributed by atoms with Crippen LogP contribution in [0.5, 0.6) is 0 Å². The maximum atomic E-state index is 12.6. The Bertz CT molecular complexity index is 531. The zero-order valence-corrected chi connectivity index (χ0v) is 13.9. The Labute approximate surface area is 136 Å². The first-order chi connectivity index (χ1) is 10.8. The number of piperidine rings is 1. The molecular weight excluding hydrogens is 296 g/mol. The molecule has 0 radical (unpaired) electrons. The van der Waals surface area contributed by atoms with Crippen molar-refractivity contribution in [2.45, 2.75) is 51.1 Å². The minimum absolute atomic E-state index is 0.0421. The molecule has 128 valence electrons. The Morgan fingerprint density at radius 1 is 1.39 bits per heavy atom. The highest BCUT2D eigenvalue weighted by molar-refractivity contribution is 6.09. The Morgan fingerprint density at radius 2 is 2.09 bits per heavy atom. The zero-order chi connectivity index (χ0) is 16.8. The molecule has 2 saturated heterocycles. The number of hydrogen-bond acceptors (Lipinski definition) is 4. The van der Waals surface area contributed by atoms with Crippen LogP contribution >= 0.6 is 0 Å². The molecule has 23 heavy (non-hydrogen) atoms. The average molecular weight is 322 g/mol. The smallest absolute Gasteiger partial charge is 0.325 e. The number of rotatable bonds is 4. The summed E-state index contributed by atoms with van der Waals surface area (Å²) in [6, 6.07) is -0.404. The first-order valence-corrected chi connectivity index (χ1v) is 8.50. The molecule has 3 unspecified atom stereocenters. The number of imide groups is 1. The standard InChI is InChI=1S/C16H26N4O3/c1-10(17)11-4-3-7-19(8-11)13(21)9-20-14(22)16(2,12-5-6-12)18-15(20)23/h10-12H,3-9,17H2,1-2H3,(H,18,23). The number of carbonyl (C=O) groups is 3. The van der Waals surface area contributed by atoms with Crippen molar-refractivity contribution in [2.75, 3.05) is 19.6 Å². The van der Waals surface area contributed by atoms with E-state index in [9.17, 15) is 14.4 Å². The van der Waals surface area contributed by atoms with Crippen molar-refractivity contribution in [3.05, 3.63) is 0 Å². The first kappa shape index (κ1) is 16.2. The van der Waals surface area contributed by atoms with E-state index in [-0.39, 0.29) is 36.2 Å². The third-order valence-corrected chi connectivity index (χ3v) is 5.54. The topological polar surface area (TPSA) is 95.7 Å². The lowest BCUT2D eigenvalue weighted by Gasteiger charge is -2.35. The number of nitrogens with zero attached hydrogens (tertiary/aromatic N) is 2. The number of nitrogens with two attached hydrogens (primary N) is 1. The van der Waals surface area contributed by atoms with Crippen LogP contribution in [0.1, 0.15) is 39.5 Å². The molecule has 3 atom stereocenters. The van der Waals surface area contributed by atoms with Gasteiger partial charge in [-0.2, -0.15) is 0 Å². The lowest BCUT2D eigenvalue weighted by Crippen LogP contribution is -2.50. The van der Waals surface area contributed by atoms with Crippen LogP contribution in [0.3, 0.4) is 0 Å². The lowest BCUT2D eigenvalue weighted by atomic mass is 9.92. The number of amides is 4. The Morgan fingerprint density at radius 3 is 2.70 bits per heavy atom. The van der Waals surface area contributed by atoms with E-state index < -0.39 is 11.6 Å². The monoisotopic (exact) mass is 322 g/mol. The van der Waals surface area contributed by atoms with Crippen LogP contribution in [0.25, 0.3) is 0 Å². The second kappa shape index (κ2) is 5.78. The van der Waals surface area contributed by atoms with Gasteiger partial charge in [0.1, 0.15) is 12.1 Å². The highest BCUT2D eigenvalue weighted by Gasteiger charge is 2.56. The second-order valence-electron chi connectivity index (χ2n) is 7.40. The largest absolute Gasteiger partial charge is 0.341 e. The van der Waals surface area contributed by atoms with E-state index in [1.807, 2.05) is 6.92 Å². The molecule has 0 aromatic heterocycles. The molecule has 7 nitrogen and oxygen atoms in total. The van der Waals surface area contributed by atoms with Gasteiger partial charge in [-0.3, -0.25) is 14.5 Å². The van der Waals surface area contributed by atoms with E-state index in [0.29, 0.717) is 13.1 Å². The maximum absolute atomic E-state index is 12.6. The van der Waals surface area contributed by atoms with Crippen LogP contribution in [-0.2, 0) is 9.59 Å². The number of hydrogen-bond donors (Lipinski definition) is 2. The molecule has 2 aliphatic heterocycles. The predicted octanol–water partition coefficient (Wildman–Crippen LogP) is 0.293. The van der Waals surface area contributed by atoms with E-state index in [2.05, 4.69) is 5.32 Å². The maximum Gasteiger partial charge on any atom is 0.325 e. The minimum Gasteiger partial charge on any atom is -0.341 e. The SMILES string of the molecule is CC(N)C1CCCN(C(=O)CN2C(=O)NC(C)(C3CC3)C2=O)C1. The first-order valence-electron chi connectivity index (χ1n) is 8.50. The summed E-state index contributed by atoms with van der Waals surface area (Å²) in [6.45, 7) is 4.84. The number of urea groups is 1.